The second-order valence-electron chi connectivity index (χ2n) is 15.9. The van der Waals surface area contributed by atoms with Gasteiger partial charge in [-0.3, -0.25) is 0 Å². The summed E-state index contributed by atoms with van der Waals surface area (Å²) in [5.74, 6) is 1.29. The van der Waals surface area contributed by atoms with Crippen molar-refractivity contribution in [2.24, 2.45) is 0 Å². The van der Waals surface area contributed by atoms with Crippen LogP contribution in [-0.4, -0.2) is 14.5 Å². The zero-order chi connectivity index (χ0) is 34.9. The Kier molecular flexibility index (Phi) is 7.81. The van der Waals surface area contributed by atoms with Crippen molar-refractivity contribution in [3.05, 3.63) is 145 Å². The van der Waals surface area contributed by atoms with Gasteiger partial charge in [0.2, 0.25) is 0 Å². The van der Waals surface area contributed by atoms with Gasteiger partial charge in [0.25, 0.3) is 0 Å². The summed E-state index contributed by atoms with van der Waals surface area (Å²) in [5.41, 5.74) is 8.78. The normalized spacial score (nSPS) is 16.2. The van der Waals surface area contributed by atoms with E-state index in [4.69, 9.17) is 0 Å². The first kappa shape index (κ1) is 31.8. The van der Waals surface area contributed by atoms with E-state index >= 15 is 0 Å². The Hall–Kier alpha value is -4.68. The van der Waals surface area contributed by atoms with E-state index in [2.05, 4.69) is 133 Å². The molecule has 9 aromatic rings. The number of hydrogen-bond acceptors (Lipinski definition) is 0. The molecule has 2 aliphatic carbocycles. The predicted octanol–water partition coefficient (Wildman–Crippen LogP) is 15.1. The summed E-state index contributed by atoms with van der Waals surface area (Å²) in [6, 6.07) is 51.9. The van der Waals surface area contributed by atoms with Crippen LogP contribution in [0.2, 0.25) is 0 Å². The van der Waals surface area contributed by atoms with Gasteiger partial charge in [-0.15, -0.1) is 0 Å². The molecule has 53 heavy (non-hydrogen) atoms. The number of fused-ring (bicyclic) bond motifs is 7. The maximum atomic E-state index is 2.55. The monoisotopic (exact) mass is 748 g/mol. The zero-order valence-corrected chi connectivity index (χ0v) is 32.0. The standard InChI is InChI=1S/C52H44Se/c1-3-16-33(17-4-1)48-36-20-7-9-22-38(36)50(39-23-10-8-21-37(39)48)35-30-31-47-46(32-35)44-28-15-29-45(52(44)53-47)51-42-26-13-11-24-40(42)49(34-18-5-2-6-19-34)41-25-12-14-27-43(41)51/h7-15,20-34H,1-6,16-19H2. The van der Waals surface area contributed by atoms with Crippen molar-refractivity contribution in [1.29, 1.82) is 0 Å². The molecule has 2 fully saturated rings. The molecule has 0 spiro atoms. The average Bonchev–Trinajstić information content (AvgIpc) is 3.61. The van der Waals surface area contributed by atoms with E-state index in [1.54, 1.807) is 11.1 Å². The molecule has 0 saturated heterocycles. The molecule has 2 saturated carbocycles. The Bertz CT molecular complexity index is 2740. The van der Waals surface area contributed by atoms with E-state index in [1.807, 2.05) is 0 Å². The van der Waals surface area contributed by atoms with Crippen molar-refractivity contribution < 1.29 is 0 Å². The molecule has 1 aromatic heterocycles. The van der Waals surface area contributed by atoms with Crippen molar-refractivity contribution in [1.82, 2.24) is 0 Å². The Morgan fingerprint density at radius 1 is 0.358 bits per heavy atom. The summed E-state index contributed by atoms with van der Waals surface area (Å²) >= 11 is 0.221. The van der Waals surface area contributed by atoms with Gasteiger partial charge in [-0.1, -0.05) is 0 Å². The van der Waals surface area contributed by atoms with Gasteiger partial charge in [0.05, 0.1) is 0 Å². The molecular weight excluding hydrogens is 704 g/mol. The average molecular weight is 748 g/mol. The minimum absolute atomic E-state index is 0.221. The SMILES string of the molecule is c1ccc2c(C3CCCCC3)c3ccccc3c(-c3ccc4[se]c5c(-c6c7ccccc7c(C7CCCCC7)c7ccccc67)cccc5c4c3)c2c1. The van der Waals surface area contributed by atoms with E-state index < -0.39 is 0 Å². The summed E-state index contributed by atoms with van der Waals surface area (Å²) in [6.07, 6.45) is 13.4. The van der Waals surface area contributed by atoms with Gasteiger partial charge >= 0.3 is 320 Å². The Balaban J connectivity index is 1.15. The van der Waals surface area contributed by atoms with Crippen molar-refractivity contribution in [2.45, 2.75) is 76.0 Å². The predicted molar refractivity (Wildman–Crippen MR) is 231 cm³/mol. The van der Waals surface area contributed by atoms with Crippen LogP contribution in [0.5, 0.6) is 0 Å². The van der Waals surface area contributed by atoms with Crippen LogP contribution in [0.15, 0.2) is 133 Å². The van der Waals surface area contributed by atoms with Crippen LogP contribution in [0.4, 0.5) is 0 Å². The van der Waals surface area contributed by atoms with Crippen LogP contribution in [0, 0.1) is 0 Å². The summed E-state index contributed by atoms with van der Waals surface area (Å²) in [7, 11) is 0. The second kappa shape index (κ2) is 13.0. The first-order valence-corrected chi connectivity index (χ1v) is 21.9. The fourth-order valence-electron chi connectivity index (χ4n) is 10.7. The molecule has 0 amide bonds. The molecule has 0 radical (unpaired) electrons. The number of hydrogen-bond donors (Lipinski definition) is 0. The first-order chi connectivity index (χ1) is 26.3. The van der Waals surface area contributed by atoms with E-state index in [0.717, 1.165) is 0 Å². The van der Waals surface area contributed by atoms with Crippen molar-refractivity contribution >= 4 is 76.9 Å². The quantitative estimate of drug-likeness (QED) is 0.124. The van der Waals surface area contributed by atoms with Crippen LogP contribution in [0.25, 0.3) is 84.6 Å². The summed E-state index contributed by atoms with van der Waals surface area (Å²) < 4.78 is 3.04. The second-order valence-corrected chi connectivity index (χ2v) is 18.1. The molecule has 8 aromatic carbocycles. The molecule has 11 rings (SSSR count). The van der Waals surface area contributed by atoms with E-state index in [9.17, 15) is 0 Å². The van der Waals surface area contributed by atoms with Gasteiger partial charge < -0.3 is 0 Å². The van der Waals surface area contributed by atoms with Gasteiger partial charge in [0.15, 0.2) is 0 Å². The van der Waals surface area contributed by atoms with Crippen molar-refractivity contribution in [3.63, 3.8) is 0 Å². The Labute approximate surface area is 318 Å². The third kappa shape index (κ3) is 5.08. The molecular formula is C52H44Se. The van der Waals surface area contributed by atoms with Gasteiger partial charge in [0, 0.05) is 0 Å². The number of rotatable bonds is 4. The van der Waals surface area contributed by atoms with Gasteiger partial charge in [-0.25, -0.2) is 0 Å². The minimum atomic E-state index is 0.221. The summed E-state index contributed by atoms with van der Waals surface area (Å²) in [6.45, 7) is 0. The van der Waals surface area contributed by atoms with Gasteiger partial charge in [0.1, 0.15) is 0 Å². The van der Waals surface area contributed by atoms with Crippen LogP contribution in [0.1, 0.15) is 87.2 Å². The van der Waals surface area contributed by atoms with Gasteiger partial charge in [-0.05, 0) is 0 Å². The van der Waals surface area contributed by atoms with Crippen molar-refractivity contribution in [2.75, 3.05) is 0 Å². The Morgan fingerprint density at radius 3 is 1.28 bits per heavy atom. The third-order valence-corrected chi connectivity index (χ3v) is 15.6. The van der Waals surface area contributed by atoms with Crippen LogP contribution >= 0.6 is 0 Å². The molecule has 0 unspecified atom stereocenters. The van der Waals surface area contributed by atoms with Crippen LogP contribution in [-0.2, 0) is 0 Å². The van der Waals surface area contributed by atoms with Gasteiger partial charge in [-0.2, -0.15) is 0 Å². The first-order valence-electron chi connectivity index (χ1n) is 20.2. The van der Waals surface area contributed by atoms with Crippen LogP contribution in [0.3, 0.4) is 0 Å². The summed E-state index contributed by atoms with van der Waals surface area (Å²) in [4.78, 5) is 0. The summed E-state index contributed by atoms with van der Waals surface area (Å²) in [5, 5.41) is 14.3. The zero-order valence-electron chi connectivity index (χ0n) is 30.3. The fourth-order valence-corrected chi connectivity index (χ4v) is 13.3. The third-order valence-electron chi connectivity index (χ3n) is 13.0. The molecule has 0 atom stereocenters. The molecule has 0 nitrogen and oxygen atoms in total. The topological polar surface area (TPSA) is 0 Å². The van der Waals surface area contributed by atoms with Crippen molar-refractivity contribution in [3.8, 4) is 22.3 Å². The Morgan fingerprint density at radius 2 is 0.792 bits per heavy atom. The molecule has 1 heterocycles. The van der Waals surface area contributed by atoms with E-state index in [1.165, 1.54) is 149 Å². The van der Waals surface area contributed by atoms with Crippen LogP contribution < -0.4 is 0 Å². The van der Waals surface area contributed by atoms with E-state index in [-0.39, 0.29) is 14.5 Å². The fraction of sp³-hybridized carbons (Fsp3) is 0.231. The molecule has 2 aliphatic rings. The maximum absolute atomic E-state index is 2.55. The molecule has 258 valence electrons. The molecule has 1 heteroatoms. The van der Waals surface area contributed by atoms with E-state index in [0.29, 0.717) is 11.8 Å². The molecule has 0 aliphatic heterocycles. The molecule has 0 bridgehead atoms. The molecule has 0 N–H and O–H groups in total. The number of benzene rings is 8.